The highest BCUT2D eigenvalue weighted by molar-refractivity contribution is 8.00. The van der Waals surface area contributed by atoms with E-state index in [1.165, 1.54) is 21.6 Å². The zero-order valence-electron chi connectivity index (χ0n) is 18.4. The summed E-state index contributed by atoms with van der Waals surface area (Å²) < 4.78 is 29.3. The summed E-state index contributed by atoms with van der Waals surface area (Å²) in [6, 6.07) is 15.7. The van der Waals surface area contributed by atoms with Crippen LogP contribution in [0.2, 0.25) is 0 Å². The van der Waals surface area contributed by atoms with Crippen LogP contribution in [-0.2, 0) is 23.0 Å². The number of benzene rings is 2. The normalized spacial score (nSPS) is 12.9. The van der Waals surface area contributed by atoms with Crippen molar-refractivity contribution in [1.29, 1.82) is 5.26 Å². The Labute approximate surface area is 188 Å². The van der Waals surface area contributed by atoms with Crippen molar-refractivity contribution in [3.8, 4) is 6.07 Å². The molecular weight excluding hydrogens is 428 g/mol. The van der Waals surface area contributed by atoms with Crippen LogP contribution in [-0.4, -0.2) is 40.6 Å². The summed E-state index contributed by atoms with van der Waals surface area (Å²) in [5.41, 5.74) is 3.80. The molecule has 164 valence electrons. The van der Waals surface area contributed by atoms with Gasteiger partial charge in [-0.25, -0.2) is 13.4 Å². The molecule has 0 aliphatic heterocycles. The van der Waals surface area contributed by atoms with E-state index < -0.39 is 10.0 Å². The first-order valence-electron chi connectivity index (χ1n) is 10.5. The van der Waals surface area contributed by atoms with Crippen LogP contribution in [0.4, 0.5) is 0 Å². The number of aromatic nitrogens is 2. The quantitative estimate of drug-likeness (QED) is 0.439. The van der Waals surface area contributed by atoms with Crippen LogP contribution in [0.5, 0.6) is 0 Å². The second-order valence-electron chi connectivity index (χ2n) is 7.30. The van der Waals surface area contributed by atoms with Gasteiger partial charge in [0.25, 0.3) is 0 Å². The third-order valence-electron chi connectivity index (χ3n) is 5.28. The summed E-state index contributed by atoms with van der Waals surface area (Å²) >= 11 is 1.42. The minimum atomic E-state index is -3.55. The summed E-state index contributed by atoms with van der Waals surface area (Å²) in [6.07, 6.45) is 0.621. The highest BCUT2D eigenvalue weighted by Crippen LogP contribution is 2.30. The lowest BCUT2D eigenvalue weighted by Crippen LogP contribution is -2.30. The largest absolute Gasteiger partial charge is 0.319 e. The molecule has 0 N–H and O–H groups in total. The molecule has 0 saturated heterocycles. The van der Waals surface area contributed by atoms with Gasteiger partial charge in [-0.2, -0.15) is 9.57 Å². The molecule has 1 heterocycles. The van der Waals surface area contributed by atoms with Crippen molar-refractivity contribution in [3.05, 3.63) is 53.6 Å². The minimum Gasteiger partial charge on any atom is -0.319 e. The molecule has 0 saturated carbocycles. The highest BCUT2D eigenvalue weighted by atomic mass is 32.2. The lowest BCUT2D eigenvalue weighted by atomic mass is 10.1. The molecule has 0 aliphatic carbocycles. The third-order valence-corrected chi connectivity index (χ3v) is 8.40. The molecular formula is C23H28N4O2S2. The minimum absolute atomic E-state index is 0.248. The van der Waals surface area contributed by atoms with E-state index in [4.69, 9.17) is 4.98 Å². The van der Waals surface area contributed by atoms with Crippen molar-refractivity contribution in [1.82, 2.24) is 13.9 Å². The summed E-state index contributed by atoms with van der Waals surface area (Å²) in [4.78, 5) is 4.95. The fraction of sp³-hybridized carbons (Fsp3) is 0.391. The third kappa shape index (κ3) is 4.95. The Morgan fingerprint density at radius 3 is 2.39 bits per heavy atom. The Morgan fingerprint density at radius 2 is 1.81 bits per heavy atom. The monoisotopic (exact) mass is 456 g/mol. The fourth-order valence-electron chi connectivity index (χ4n) is 3.54. The number of rotatable bonds is 9. The molecule has 6 nitrogen and oxygen atoms in total. The topological polar surface area (TPSA) is 79.0 Å². The number of hydrogen-bond donors (Lipinski definition) is 0. The fourth-order valence-corrected chi connectivity index (χ4v) is 6.10. The van der Waals surface area contributed by atoms with Gasteiger partial charge >= 0.3 is 0 Å². The van der Waals surface area contributed by atoms with Crippen molar-refractivity contribution in [2.45, 2.75) is 56.0 Å². The van der Waals surface area contributed by atoms with E-state index in [1.807, 2.05) is 62.6 Å². The first kappa shape index (κ1) is 23.3. The van der Waals surface area contributed by atoms with Gasteiger partial charge in [0, 0.05) is 19.6 Å². The predicted molar refractivity (Wildman–Crippen MR) is 126 cm³/mol. The number of nitrogens with zero attached hydrogens (tertiary/aromatic N) is 4. The van der Waals surface area contributed by atoms with Crippen molar-refractivity contribution >= 4 is 32.8 Å². The molecule has 3 aromatic rings. The second-order valence-corrected chi connectivity index (χ2v) is 10.4. The van der Waals surface area contributed by atoms with Crippen molar-refractivity contribution in [2.75, 3.05) is 13.1 Å². The summed E-state index contributed by atoms with van der Waals surface area (Å²) in [5, 5.41) is 10.2. The van der Waals surface area contributed by atoms with Crippen LogP contribution >= 0.6 is 11.8 Å². The van der Waals surface area contributed by atoms with E-state index in [2.05, 4.69) is 6.07 Å². The Hall–Kier alpha value is -2.34. The van der Waals surface area contributed by atoms with Gasteiger partial charge in [0.2, 0.25) is 10.0 Å². The van der Waals surface area contributed by atoms with E-state index in [0.29, 0.717) is 31.6 Å². The molecule has 2 aromatic carbocycles. The lowest BCUT2D eigenvalue weighted by molar-refractivity contribution is 0.445. The summed E-state index contributed by atoms with van der Waals surface area (Å²) in [6.45, 7) is 9.25. The zero-order chi connectivity index (χ0) is 22.6. The van der Waals surface area contributed by atoms with Gasteiger partial charge in [-0.05, 0) is 44.0 Å². The van der Waals surface area contributed by atoms with Gasteiger partial charge in [0.15, 0.2) is 5.16 Å². The molecule has 0 unspecified atom stereocenters. The van der Waals surface area contributed by atoms with E-state index >= 15 is 0 Å². The van der Waals surface area contributed by atoms with Gasteiger partial charge in [-0.15, -0.1) is 0 Å². The Bertz CT molecular complexity index is 1190. The van der Waals surface area contributed by atoms with E-state index in [1.54, 1.807) is 12.1 Å². The van der Waals surface area contributed by atoms with Crippen molar-refractivity contribution in [3.63, 3.8) is 0 Å². The Balaban J connectivity index is 1.93. The number of aryl methyl sites for hydroxylation is 2. The van der Waals surface area contributed by atoms with Crippen molar-refractivity contribution < 1.29 is 8.42 Å². The number of nitriles is 1. The molecule has 0 bridgehead atoms. The number of sulfonamides is 1. The van der Waals surface area contributed by atoms with Crippen LogP contribution in [0.3, 0.4) is 0 Å². The molecule has 1 aromatic heterocycles. The molecule has 0 aliphatic rings. The van der Waals surface area contributed by atoms with Gasteiger partial charge in [-0.3, -0.25) is 0 Å². The first-order valence-corrected chi connectivity index (χ1v) is 12.8. The number of fused-ring (bicyclic) bond motifs is 1. The summed E-state index contributed by atoms with van der Waals surface area (Å²) in [5.74, 6) is 0. The molecule has 0 spiro atoms. The number of imidazole rings is 1. The average molecular weight is 457 g/mol. The molecule has 31 heavy (non-hydrogen) atoms. The first-order chi connectivity index (χ1) is 14.8. The van der Waals surface area contributed by atoms with Crippen LogP contribution in [0.1, 0.15) is 31.9 Å². The van der Waals surface area contributed by atoms with Crippen LogP contribution in [0.15, 0.2) is 52.5 Å². The molecule has 0 radical (unpaired) electrons. The maximum atomic E-state index is 12.9. The van der Waals surface area contributed by atoms with Gasteiger partial charge < -0.3 is 4.57 Å². The Kier molecular flexibility index (Phi) is 7.42. The molecule has 1 atom stereocenters. The smallest absolute Gasteiger partial charge is 0.243 e. The highest BCUT2D eigenvalue weighted by Gasteiger charge is 2.23. The van der Waals surface area contributed by atoms with Crippen LogP contribution in [0.25, 0.3) is 11.0 Å². The standard InChI is InChI=1S/C23H28N4O2S2/c1-5-26(6-2)31(28,29)20-12-13-22-21(15-20)25-23(27(22)7-3)30-19(16-24)14-18-10-8-17(4)9-11-18/h8-13,15,19H,5-7,14H2,1-4H3/t19-/m0/s1. The van der Waals surface area contributed by atoms with E-state index in [0.717, 1.165) is 16.2 Å². The zero-order valence-corrected chi connectivity index (χ0v) is 20.0. The van der Waals surface area contributed by atoms with E-state index in [9.17, 15) is 13.7 Å². The lowest BCUT2D eigenvalue weighted by Gasteiger charge is -2.18. The maximum absolute atomic E-state index is 12.9. The van der Waals surface area contributed by atoms with Gasteiger partial charge in [-0.1, -0.05) is 55.4 Å². The van der Waals surface area contributed by atoms with E-state index in [-0.39, 0.29) is 10.1 Å². The second kappa shape index (κ2) is 9.86. The molecule has 0 fully saturated rings. The number of thioether (sulfide) groups is 1. The molecule has 3 rings (SSSR count). The SMILES string of the molecule is CCN(CC)S(=O)(=O)c1ccc2c(c1)nc(S[C@H](C#N)Cc1ccc(C)cc1)n2CC. The maximum Gasteiger partial charge on any atom is 0.243 e. The number of hydrogen-bond acceptors (Lipinski definition) is 5. The van der Waals surface area contributed by atoms with Gasteiger partial charge in [0.1, 0.15) is 5.25 Å². The Morgan fingerprint density at radius 1 is 1.13 bits per heavy atom. The van der Waals surface area contributed by atoms with Gasteiger partial charge in [0.05, 0.1) is 22.0 Å². The molecule has 0 amide bonds. The predicted octanol–water partition coefficient (Wildman–Crippen LogP) is 4.62. The van der Waals surface area contributed by atoms with Crippen molar-refractivity contribution in [2.24, 2.45) is 0 Å². The molecule has 8 heteroatoms. The summed E-state index contributed by atoms with van der Waals surface area (Å²) in [7, 11) is -3.55. The van der Waals surface area contributed by atoms with Crippen LogP contribution < -0.4 is 0 Å². The van der Waals surface area contributed by atoms with Crippen LogP contribution in [0, 0.1) is 18.3 Å². The average Bonchev–Trinajstić information content (AvgIpc) is 3.11.